The quantitative estimate of drug-likeness (QED) is 0.471. The Morgan fingerprint density at radius 3 is 2.56 bits per heavy atom. The fourth-order valence-corrected chi connectivity index (χ4v) is 5.18. The van der Waals surface area contributed by atoms with Crippen LogP contribution in [0.5, 0.6) is 5.88 Å². The van der Waals surface area contributed by atoms with E-state index in [4.69, 9.17) is 19.6 Å². The molecule has 1 aromatic carbocycles. The standard InChI is InChI=1S/C28H35N5O3/c34-28(31-22-10-11-22)21-8-6-20(7-9-21)25-18-30-27-24(29-17-19-12-14-35-15-13-19)16-26(32-33(25)27)36-23-4-2-1-3-5-23/h6-9,16,18-19,22-23,29H,1-5,10-15,17H2,(H,31,34). The molecule has 3 aromatic rings. The average molecular weight is 490 g/mol. The molecule has 1 amide bonds. The number of hydrogen-bond donors (Lipinski definition) is 2. The van der Waals surface area contributed by atoms with Crippen LogP contribution in [0.15, 0.2) is 36.5 Å². The maximum atomic E-state index is 12.4. The predicted octanol–water partition coefficient (Wildman–Crippen LogP) is 4.84. The summed E-state index contributed by atoms with van der Waals surface area (Å²) in [5.74, 6) is 1.20. The number of carbonyl (C=O) groups is 1. The van der Waals surface area contributed by atoms with Gasteiger partial charge in [-0.1, -0.05) is 18.6 Å². The van der Waals surface area contributed by atoms with Crippen molar-refractivity contribution in [3.63, 3.8) is 0 Å². The number of amides is 1. The molecule has 2 saturated carbocycles. The number of benzene rings is 1. The number of ether oxygens (including phenoxy) is 2. The zero-order chi connectivity index (χ0) is 24.3. The molecule has 0 unspecified atom stereocenters. The monoisotopic (exact) mass is 489 g/mol. The molecule has 3 heterocycles. The van der Waals surface area contributed by atoms with E-state index in [1.807, 2.05) is 41.0 Å². The van der Waals surface area contributed by atoms with E-state index in [2.05, 4.69) is 10.6 Å². The molecule has 3 fully saturated rings. The Morgan fingerprint density at radius 2 is 1.81 bits per heavy atom. The van der Waals surface area contributed by atoms with Gasteiger partial charge in [-0.25, -0.2) is 9.50 Å². The highest BCUT2D eigenvalue weighted by Gasteiger charge is 2.24. The Bertz CT molecular complexity index is 1190. The van der Waals surface area contributed by atoms with Crippen molar-refractivity contribution in [1.29, 1.82) is 0 Å². The minimum absolute atomic E-state index is 0.0110. The van der Waals surface area contributed by atoms with Crippen LogP contribution in [0.1, 0.15) is 68.1 Å². The van der Waals surface area contributed by atoms with Crippen molar-refractivity contribution in [3.8, 4) is 17.1 Å². The van der Waals surface area contributed by atoms with Gasteiger partial charge < -0.3 is 20.1 Å². The second-order valence-electron chi connectivity index (χ2n) is 10.4. The number of hydrogen-bond acceptors (Lipinski definition) is 6. The van der Waals surface area contributed by atoms with Gasteiger partial charge >= 0.3 is 0 Å². The van der Waals surface area contributed by atoms with Crippen LogP contribution in [0.3, 0.4) is 0 Å². The Hall–Kier alpha value is -3.13. The minimum Gasteiger partial charge on any atom is -0.473 e. The Balaban J connectivity index is 1.28. The van der Waals surface area contributed by atoms with Crippen molar-refractivity contribution in [2.75, 3.05) is 25.1 Å². The second kappa shape index (κ2) is 10.5. The number of fused-ring (bicyclic) bond motifs is 1. The minimum atomic E-state index is -0.0110. The smallest absolute Gasteiger partial charge is 0.251 e. The van der Waals surface area contributed by atoms with Gasteiger partial charge in [-0.3, -0.25) is 4.79 Å². The molecule has 8 nitrogen and oxygen atoms in total. The van der Waals surface area contributed by atoms with Crippen LogP contribution in [0.2, 0.25) is 0 Å². The molecule has 6 rings (SSSR count). The van der Waals surface area contributed by atoms with Gasteiger partial charge in [0.15, 0.2) is 5.65 Å². The molecule has 0 radical (unpaired) electrons. The molecule has 8 heteroatoms. The van der Waals surface area contributed by atoms with Gasteiger partial charge in [0, 0.05) is 43.0 Å². The predicted molar refractivity (Wildman–Crippen MR) is 138 cm³/mol. The summed E-state index contributed by atoms with van der Waals surface area (Å²) in [6, 6.07) is 10.0. The van der Waals surface area contributed by atoms with E-state index in [1.54, 1.807) is 0 Å². The van der Waals surface area contributed by atoms with Crippen molar-refractivity contribution in [1.82, 2.24) is 19.9 Å². The molecule has 1 aliphatic heterocycles. The second-order valence-corrected chi connectivity index (χ2v) is 10.4. The number of nitrogens with one attached hydrogen (secondary N) is 2. The van der Waals surface area contributed by atoms with Crippen LogP contribution >= 0.6 is 0 Å². The third-order valence-corrected chi connectivity index (χ3v) is 7.56. The number of anilines is 1. The molecule has 0 bridgehead atoms. The maximum absolute atomic E-state index is 12.4. The maximum Gasteiger partial charge on any atom is 0.251 e. The topological polar surface area (TPSA) is 89.8 Å². The Labute approximate surface area is 211 Å². The van der Waals surface area contributed by atoms with E-state index in [1.165, 1.54) is 19.3 Å². The lowest BCUT2D eigenvalue weighted by Gasteiger charge is -2.24. The van der Waals surface area contributed by atoms with Gasteiger partial charge in [0.25, 0.3) is 5.91 Å². The number of imidazole rings is 1. The highest BCUT2D eigenvalue weighted by molar-refractivity contribution is 5.95. The van der Waals surface area contributed by atoms with Crippen LogP contribution in [0, 0.1) is 5.92 Å². The molecule has 36 heavy (non-hydrogen) atoms. The first-order valence-electron chi connectivity index (χ1n) is 13.5. The van der Waals surface area contributed by atoms with E-state index in [0.717, 1.165) is 80.9 Å². The van der Waals surface area contributed by atoms with E-state index in [-0.39, 0.29) is 12.0 Å². The van der Waals surface area contributed by atoms with Gasteiger partial charge in [-0.05, 0) is 69.4 Å². The normalized spacial score (nSPS) is 19.3. The Morgan fingerprint density at radius 1 is 1.03 bits per heavy atom. The van der Waals surface area contributed by atoms with Gasteiger partial charge in [-0.15, -0.1) is 5.10 Å². The van der Waals surface area contributed by atoms with Crippen LogP contribution in [0.25, 0.3) is 16.9 Å². The SMILES string of the molecule is O=C(NC1CC1)c1ccc(-c2cnc3c(NCC4CCOCC4)cc(OC4CCCCC4)nn23)cc1. The number of nitrogens with zero attached hydrogens (tertiary/aromatic N) is 3. The number of rotatable bonds is 8. The van der Waals surface area contributed by atoms with Crippen LogP contribution in [0.4, 0.5) is 5.69 Å². The van der Waals surface area contributed by atoms with Crippen molar-refractivity contribution >= 4 is 17.2 Å². The highest BCUT2D eigenvalue weighted by atomic mass is 16.5. The summed E-state index contributed by atoms with van der Waals surface area (Å²) >= 11 is 0. The van der Waals surface area contributed by atoms with E-state index >= 15 is 0 Å². The summed E-state index contributed by atoms with van der Waals surface area (Å²) in [5, 5.41) is 11.5. The summed E-state index contributed by atoms with van der Waals surface area (Å²) < 4.78 is 13.8. The third-order valence-electron chi connectivity index (χ3n) is 7.56. The van der Waals surface area contributed by atoms with E-state index in [0.29, 0.717) is 23.4 Å². The molecule has 0 spiro atoms. The zero-order valence-corrected chi connectivity index (χ0v) is 20.7. The van der Waals surface area contributed by atoms with E-state index in [9.17, 15) is 4.79 Å². The lowest BCUT2D eigenvalue weighted by atomic mass is 9.98. The molecule has 0 atom stereocenters. The molecule has 2 aromatic heterocycles. The van der Waals surface area contributed by atoms with Crippen LogP contribution < -0.4 is 15.4 Å². The molecule has 190 valence electrons. The first kappa shape index (κ1) is 23.3. The zero-order valence-electron chi connectivity index (χ0n) is 20.7. The first-order valence-corrected chi connectivity index (χ1v) is 13.5. The Kier molecular flexibility index (Phi) is 6.77. The lowest BCUT2D eigenvalue weighted by molar-refractivity contribution is 0.0699. The summed E-state index contributed by atoms with van der Waals surface area (Å²) in [6.07, 6.45) is 12.2. The van der Waals surface area contributed by atoms with Crippen molar-refractivity contribution < 1.29 is 14.3 Å². The van der Waals surface area contributed by atoms with E-state index < -0.39 is 0 Å². The number of carbonyl (C=O) groups excluding carboxylic acids is 1. The fraction of sp³-hybridized carbons (Fsp3) is 0.536. The van der Waals surface area contributed by atoms with Crippen molar-refractivity contribution in [2.45, 2.75) is 69.9 Å². The summed E-state index contributed by atoms with van der Waals surface area (Å²) in [5.41, 5.74) is 4.23. The summed E-state index contributed by atoms with van der Waals surface area (Å²) in [4.78, 5) is 17.1. The first-order chi connectivity index (χ1) is 17.7. The molecule has 2 aliphatic carbocycles. The van der Waals surface area contributed by atoms with Crippen LogP contribution in [-0.2, 0) is 4.74 Å². The molecule has 2 N–H and O–H groups in total. The molecule has 3 aliphatic rings. The highest BCUT2D eigenvalue weighted by Crippen LogP contribution is 2.30. The van der Waals surface area contributed by atoms with Gasteiger partial charge in [0.2, 0.25) is 5.88 Å². The molecular formula is C28H35N5O3. The van der Waals surface area contributed by atoms with Crippen molar-refractivity contribution in [3.05, 3.63) is 42.1 Å². The average Bonchev–Trinajstić information content (AvgIpc) is 3.64. The largest absolute Gasteiger partial charge is 0.473 e. The van der Waals surface area contributed by atoms with Gasteiger partial charge in [0.05, 0.1) is 17.6 Å². The summed E-state index contributed by atoms with van der Waals surface area (Å²) in [6.45, 7) is 2.53. The third kappa shape index (κ3) is 5.33. The van der Waals surface area contributed by atoms with Crippen molar-refractivity contribution in [2.24, 2.45) is 5.92 Å². The lowest BCUT2D eigenvalue weighted by Crippen LogP contribution is -2.25. The van der Waals surface area contributed by atoms with Gasteiger partial charge in [0.1, 0.15) is 6.10 Å². The van der Waals surface area contributed by atoms with Crippen LogP contribution in [-0.4, -0.2) is 52.4 Å². The van der Waals surface area contributed by atoms with Gasteiger partial charge in [-0.2, -0.15) is 0 Å². The molecular weight excluding hydrogens is 454 g/mol. The fourth-order valence-electron chi connectivity index (χ4n) is 5.18. The summed E-state index contributed by atoms with van der Waals surface area (Å²) in [7, 11) is 0. The number of aromatic nitrogens is 3. The molecule has 1 saturated heterocycles.